The Kier molecular flexibility index (Phi) is 9.51. The van der Waals surface area contributed by atoms with E-state index in [1.807, 2.05) is 18.7 Å². The third-order valence-corrected chi connectivity index (χ3v) is 5.66. The first-order valence-corrected chi connectivity index (χ1v) is 11.7. The molecule has 1 heterocycles. The van der Waals surface area contributed by atoms with E-state index in [-0.39, 0.29) is 30.4 Å². The van der Waals surface area contributed by atoms with E-state index in [4.69, 9.17) is 14.2 Å². The highest BCUT2D eigenvalue weighted by atomic mass is 19.1. The zero-order valence-electron chi connectivity index (χ0n) is 19.8. The van der Waals surface area contributed by atoms with Crippen LogP contribution in [0.2, 0.25) is 0 Å². The van der Waals surface area contributed by atoms with E-state index in [0.29, 0.717) is 30.3 Å². The first-order chi connectivity index (χ1) is 16.0. The van der Waals surface area contributed by atoms with Crippen LogP contribution in [0.25, 0.3) is 0 Å². The van der Waals surface area contributed by atoms with Crippen molar-refractivity contribution in [3.63, 3.8) is 0 Å². The van der Waals surface area contributed by atoms with Gasteiger partial charge < -0.3 is 24.4 Å². The van der Waals surface area contributed by atoms with Gasteiger partial charge in [0.15, 0.2) is 0 Å². The number of halogens is 1. The van der Waals surface area contributed by atoms with Gasteiger partial charge in [0, 0.05) is 50.4 Å². The van der Waals surface area contributed by atoms with Crippen molar-refractivity contribution >= 4 is 5.91 Å². The second-order valence-corrected chi connectivity index (χ2v) is 8.61. The van der Waals surface area contributed by atoms with Crippen molar-refractivity contribution in [2.75, 3.05) is 33.4 Å². The maximum Gasteiger partial charge on any atom is 0.254 e. The fraction of sp³-hybridized carbons (Fsp3) is 0.500. The molecule has 6 nitrogen and oxygen atoms in total. The minimum Gasteiger partial charge on any atom is -0.493 e. The molecule has 7 heteroatoms. The summed E-state index contributed by atoms with van der Waals surface area (Å²) in [5, 5.41) is 3.40. The van der Waals surface area contributed by atoms with Crippen molar-refractivity contribution in [1.82, 2.24) is 10.2 Å². The Labute approximate surface area is 196 Å². The summed E-state index contributed by atoms with van der Waals surface area (Å²) >= 11 is 0. The lowest BCUT2D eigenvalue weighted by Crippen LogP contribution is -2.51. The first kappa shape index (κ1) is 25.0. The minimum absolute atomic E-state index is 0.0346. The predicted octanol–water partition coefficient (Wildman–Crippen LogP) is 4.42. The predicted molar refractivity (Wildman–Crippen MR) is 126 cm³/mol. The third-order valence-electron chi connectivity index (χ3n) is 5.66. The van der Waals surface area contributed by atoms with Gasteiger partial charge in [-0.1, -0.05) is 12.1 Å². The molecule has 0 radical (unpaired) electrons. The highest BCUT2D eigenvalue weighted by Gasteiger charge is 2.29. The maximum atomic E-state index is 13.6. The number of carbonyl (C=O) groups excluding carboxylic acids is 1. The Balaban J connectivity index is 1.81. The lowest BCUT2D eigenvalue weighted by molar-refractivity contribution is 0.0572. The van der Waals surface area contributed by atoms with E-state index >= 15 is 0 Å². The number of rotatable bonds is 11. The monoisotopic (exact) mass is 458 g/mol. The molecule has 2 aromatic rings. The van der Waals surface area contributed by atoms with Crippen LogP contribution in [0, 0.1) is 5.82 Å². The Morgan fingerprint density at radius 2 is 1.85 bits per heavy atom. The maximum absolute atomic E-state index is 13.6. The Bertz CT molecular complexity index is 882. The van der Waals surface area contributed by atoms with Crippen LogP contribution in [0.15, 0.2) is 42.5 Å². The van der Waals surface area contributed by atoms with Crippen molar-refractivity contribution in [2.45, 2.75) is 51.8 Å². The van der Waals surface area contributed by atoms with Crippen LogP contribution in [0.1, 0.15) is 49.0 Å². The standard InChI is InChI=1S/C26H35FN2O4/c1-19(2)29(23-6-4-11-28-17-23)26(30)21-14-24(32-13-5-12-31-3)16-25(15-21)33-18-20-7-9-22(27)10-8-20/h7-10,14-16,19,23,28H,4-6,11-13,17-18H2,1-3H3/t23-/m1/s1. The molecule has 0 unspecified atom stereocenters. The molecule has 0 bridgehead atoms. The summed E-state index contributed by atoms with van der Waals surface area (Å²) in [6.07, 6.45) is 2.78. The van der Waals surface area contributed by atoms with E-state index in [0.717, 1.165) is 37.9 Å². The minimum atomic E-state index is -0.288. The number of hydrogen-bond acceptors (Lipinski definition) is 5. The molecule has 1 aliphatic heterocycles. The smallest absolute Gasteiger partial charge is 0.254 e. The van der Waals surface area contributed by atoms with E-state index in [1.54, 1.807) is 37.4 Å². The molecule has 1 saturated heterocycles. The highest BCUT2D eigenvalue weighted by molar-refractivity contribution is 5.95. The molecule has 0 spiro atoms. The van der Waals surface area contributed by atoms with Gasteiger partial charge in [-0.3, -0.25) is 4.79 Å². The summed E-state index contributed by atoms with van der Waals surface area (Å²) in [5.74, 6) is 0.797. The fourth-order valence-corrected chi connectivity index (χ4v) is 4.04. The lowest BCUT2D eigenvalue weighted by atomic mass is 10.0. The Morgan fingerprint density at radius 3 is 2.48 bits per heavy atom. The van der Waals surface area contributed by atoms with Crippen molar-refractivity contribution < 1.29 is 23.4 Å². The van der Waals surface area contributed by atoms with Gasteiger partial charge in [-0.2, -0.15) is 0 Å². The van der Waals surface area contributed by atoms with Crippen LogP contribution < -0.4 is 14.8 Å². The quantitative estimate of drug-likeness (QED) is 0.505. The van der Waals surface area contributed by atoms with E-state index in [2.05, 4.69) is 5.32 Å². The molecule has 1 atom stereocenters. The normalized spacial score (nSPS) is 16.0. The van der Waals surface area contributed by atoms with E-state index in [1.165, 1.54) is 12.1 Å². The zero-order valence-corrected chi connectivity index (χ0v) is 19.8. The van der Waals surface area contributed by atoms with Crippen LogP contribution in [0.3, 0.4) is 0 Å². The van der Waals surface area contributed by atoms with Gasteiger partial charge in [0.25, 0.3) is 5.91 Å². The number of carbonyl (C=O) groups is 1. The molecule has 1 aliphatic rings. The van der Waals surface area contributed by atoms with Gasteiger partial charge in [0.1, 0.15) is 23.9 Å². The molecule has 1 N–H and O–H groups in total. The molecule has 0 aromatic heterocycles. The van der Waals surface area contributed by atoms with Crippen molar-refractivity contribution in [2.24, 2.45) is 0 Å². The van der Waals surface area contributed by atoms with Gasteiger partial charge in [-0.15, -0.1) is 0 Å². The number of hydrogen-bond donors (Lipinski definition) is 1. The second kappa shape index (κ2) is 12.6. The van der Waals surface area contributed by atoms with Gasteiger partial charge >= 0.3 is 0 Å². The summed E-state index contributed by atoms with van der Waals surface area (Å²) in [6.45, 7) is 7.22. The zero-order chi connectivity index (χ0) is 23.6. The molecule has 2 aromatic carbocycles. The number of piperidine rings is 1. The van der Waals surface area contributed by atoms with Crippen molar-refractivity contribution in [3.8, 4) is 11.5 Å². The van der Waals surface area contributed by atoms with E-state index in [9.17, 15) is 9.18 Å². The molecule has 1 amide bonds. The molecule has 180 valence electrons. The van der Waals surface area contributed by atoms with Gasteiger partial charge in [-0.25, -0.2) is 4.39 Å². The number of nitrogens with one attached hydrogen (secondary N) is 1. The SMILES string of the molecule is COCCCOc1cc(OCc2ccc(F)cc2)cc(C(=O)N(C(C)C)[C@@H]2CCCNC2)c1. The van der Waals surface area contributed by atoms with E-state index < -0.39 is 0 Å². The van der Waals surface area contributed by atoms with Crippen LogP contribution in [0.4, 0.5) is 4.39 Å². The second-order valence-electron chi connectivity index (χ2n) is 8.61. The lowest BCUT2D eigenvalue weighted by Gasteiger charge is -2.37. The molecular weight excluding hydrogens is 423 g/mol. The van der Waals surface area contributed by atoms with Crippen LogP contribution >= 0.6 is 0 Å². The Morgan fingerprint density at radius 1 is 1.12 bits per heavy atom. The number of amides is 1. The molecule has 0 saturated carbocycles. The topological polar surface area (TPSA) is 60.0 Å². The molecular formula is C26H35FN2O4. The molecule has 33 heavy (non-hydrogen) atoms. The van der Waals surface area contributed by atoms with Gasteiger partial charge in [0.05, 0.1) is 6.61 Å². The summed E-state index contributed by atoms with van der Waals surface area (Å²) in [7, 11) is 1.65. The average molecular weight is 459 g/mol. The highest BCUT2D eigenvalue weighted by Crippen LogP contribution is 2.27. The summed E-state index contributed by atoms with van der Waals surface area (Å²) in [4.78, 5) is 15.6. The molecule has 1 fully saturated rings. The number of methoxy groups -OCH3 is 1. The van der Waals surface area contributed by atoms with Gasteiger partial charge in [-0.05, 0) is 63.1 Å². The summed E-state index contributed by atoms with van der Waals surface area (Å²) < 4.78 is 30.2. The number of nitrogens with zero attached hydrogens (tertiary/aromatic N) is 1. The first-order valence-electron chi connectivity index (χ1n) is 11.7. The molecule has 3 rings (SSSR count). The third kappa shape index (κ3) is 7.44. The summed E-state index contributed by atoms with van der Waals surface area (Å²) in [5.41, 5.74) is 1.38. The Hall–Kier alpha value is -2.64. The van der Waals surface area contributed by atoms with Crippen molar-refractivity contribution in [3.05, 3.63) is 59.4 Å². The van der Waals surface area contributed by atoms with Crippen LogP contribution in [0.5, 0.6) is 11.5 Å². The van der Waals surface area contributed by atoms with Gasteiger partial charge in [0.2, 0.25) is 0 Å². The van der Waals surface area contributed by atoms with Crippen molar-refractivity contribution in [1.29, 1.82) is 0 Å². The largest absolute Gasteiger partial charge is 0.493 e. The number of ether oxygens (including phenoxy) is 3. The molecule has 0 aliphatic carbocycles. The average Bonchev–Trinajstić information content (AvgIpc) is 2.82. The number of benzene rings is 2. The van der Waals surface area contributed by atoms with Crippen LogP contribution in [-0.4, -0.2) is 56.3 Å². The summed E-state index contributed by atoms with van der Waals surface area (Å²) in [6, 6.07) is 11.7. The fourth-order valence-electron chi connectivity index (χ4n) is 4.04. The van der Waals surface area contributed by atoms with Crippen LogP contribution in [-0.2, 0) is 11.3 Å².